The van der Waals surface area contributed by atoms with Crippen molar-refractivity contribution in [3.05, 3.63) is 0 Å². The summed E-state index contributed by atoms with van der Waals surface area (Å²) in [6, 6.07) is 0. The third-order valence-electron chi connectivity index (χ3n) is 2.40. The van der Waals surface area contributed by atoms with Gasteiger partial charge in [-0.2, -0.15) is 0 Å². The van der Waals surface area contributed by atoms with Crippen LogP contribution in [0.3, 0.4) is 0 Å². The molecule has 0 fully saturated rings. The van der Waals surface area contributed by atoms with Gasteiger partial charge in [0.2, 0.25) is 0 Å². The van der Waals surface area contributed by atoms with Gasteiger partial charge in [0, 0.05) is 6.54 Å². The lowest BCUT2D eigenvalue weighted by molar-refractivity contribution is -0.133. The van der Waals surface area contributed by atoms with Gasteiger partial charge in [-0.3, -0.25) is 10.5 Å². The van der Waals surface area contributed by atoms with Crippen molar-refractivity contribution in [2.24, 2.45) is 5.73 Å². The molecule has 6 heteroatoms. The van der Waals surface area contributed by atoms with Gasteiger partial charge in [-0.05, 0) is 25.7 Å². The van der Waals surface area contributed by atoms with Gasteiger partial charge in [-0.25, -0.2) is 4.79 Å². The number of nitrogens with one attached hydrogen (secondary N) is 1. The van der Waals surface area contributed by atoms with Gasteiger partial charge in [-0.15, -0.1) is 0 Å². The Balaban J connectivity index is 3.27. The summed E-state index contributed by atoms with van der Waals surface area (Å²) in [5.41, 5.74) is 5.45. The van der Waals surface area contributed by atoms with Gasteiger partial charge in [0.15, 0.2) is 6.23 Å². The van der Waals surface area contributed by atoms with Crippen LogP contribution in [0.2, 0.25) is 0 Å². The van der Waals surface area contributed by atoms with E-state index in [0.717, 1.165) is 32.1 Å². The van der Waals surface area contributed by atoms with Crippen molar-refractivity contribution in [3.8, 4) is 0 Å². The zero-order chi connectivity index (χ0) is 13.6. The minimum atomic E-state index is -0.552. The standard InChI is InChI=1S/C12H24N2O4/c1-2-3-6-9-17-12(16)14-8-5-4-7-11(13)18-10-15/h10-11H,2-9,13H2,1H3,(H,14,16). The van der Waals surface area contributed by atoms with E-state index in [1.54, 1.807) is 0 Å². The second-order valence-electron chi connectivity index (χ2n) is 4.04. The Morgan fingerprint density at radius 2 is 2.11 bits per heavy atom. The van der Waals surface area contributed by atoms with Crippen LogP contribution in [0.5, 0.6) is 0 Å². The summed E-state index contributed by atoms with van der Waals surface area (Å²) in [5.74, 6) is 0. The first kappa shape index (κ1) is 16.7. The molecule has 0 aliphatic rings. The number of carbonyl (C=O) groups is 2. The van der Waals surface area contributed by atoms with E-state index in [1.165, 1.54) is 0 Å². The molecule has 6 nitrogen and oxygen atoms in total. The summed E-state index contributed by atoms with van der Waals surface area (Å²) in [6.07, 6.45) is 4.30. The number of ether oxygens (including phenoxy) is 2. The van der Waals surface area contributed by atoms with Crippen LogP contribution in [-0.4, -0.2) is 31.9 Å². The van der Waals surface area contributed by atoms with Gasteiger partial charge >= 0.3 is 6.09 Å². The Kier molecular flexibility index (Phi) is 11.3. The summed E-state index contributed by atoms with van der Waals surface area (Å²) in [7, 11) is 0. The van der Waals surface area contributed by atoms with Crippen molar-refractivity contribution in [3.63, 3.8) is 0 Å². The molecule has 0 aliphatic carbocycles. The van der Waals surface area contributed by atoms with Crippen LogP contribution < -0.4 is 11.1 Å². The van der Waals surface area contributed by atoms with E-state index in [0.29, 0.717) is 26.0 Å². The fraction of sp³-hybridized carbons (Fsp3) is 0.833. The number of unbranched alkanes of at least 4 members (excludes halogenated alkanes) is 3. The van der Waals surface area contributed by atoms with Crippen molar-refractivity contribution in [1.29, 1.82) is 0 Å². The lowest BCUT2D eigenvalue weighted by Crippen LogP contribution is -2.27. The third kappa shape index (κ3) is 11.2. The van der Waals surface area contributed by atoms with Gasteiger partial charge in [0.1, 0.15) is 0 Å². The molecule has 0 spiro atoms. The molecule has 0 aromatic rings. The highest BCUT2D eigenvalue weighted by molar-refractivity contribution is 5.66. The lowest BCUT2D eigenvalue weighted by atomic mass is 10.2. The Labute approximate surface area is 108 Å². The average Bonchev–Trinajstić information content (AvgIpc) is 2.34. The third-order valence-corrected chi connectivity index (χ3v) is 2.40. The van der Waals surface area contributed by atoms with Crippen LogP contribution in [-0.2, 0) is 14.3 Å². The van der Waals surface area contributed by atoms with Gasteiger partial charge in [0.25, 0.3) is 6.47 Å². The predicted octanol–water partition coefficient (Wildman–Crippen LogP) is 1.53. The molecule has 1 unspecified atom stereocenters. The van der Waals surface area contributed by atoms with E-state index < -0.39 is 6.23 Å². The first-order chi connectivity index (χ1) is 8.70. The first-order valence-corrected chi connectivity index (χ1v) is 6.46. The van der Waals surface area contributed by atoms with Crippen LogP contribution in [0.4, 0.5) is 4.79 Å². The second-order valence-corrected chi connectivity index (χ2v) is 4.04. The summed E-state index contributed by atoms with van der Waals surface area (Å²) in [6.45, 7) is 3.45. The quantitative estimate of drug-likeness (QED) is 0.334. The molecule has 0 heterocycles. The Bertz CT molecular complexity index is 224. The molecule has 0 aromatic heterocycles. The number of amides is 1. The predicted molar refractivity (Wildman–Crippen MR) is 67.9 cm³/mol. The summed E-state index contributed by atoms with van der Waals surface area (Å²) in [5, 5.41) is 2.65. The maximum atomic E-state index is 11.2. The normalized spacial score (nSPS) is 11.7. The Morgan fingerprint density at radius 1 is 1.33 bits per heavy atom. The monoisotopic (exact) mass is 260 g/mol. The number of rotatable bonds is 11. The summed E-state index contributed by atoms with van der Waals surface area (Å²) in [4.78, 5) is 21.1. The van der Waals surface area contributed by atoms with Crippen molar-refractivity contribution in [1.82, 2.24) is 5.32 Å². The lowest BCUT2D eigenvalue weighted by Gasteiger charge is -2.09. The molecule has 0 saturated carbocycles. The first-order valence-electron chi connectivity index (χ1n) is 6.46. The summed E-state index contributed by atoms with van der Waals surface area (Å²) < 4.78 is 9.50. The number of alkyl carbamates (subject to hydrolysis) is 1. The van der Waals surface area contributed by atoms with Crippen LogP contribution in [0.15, 0.2) is 0 Å². The van der Waals surface area contributed by atoms with E-state index in [4.69, 9.17) is 10.5 Å². The summed E-state index contributed by atoms with van der Waals surface area (Å²) >= 11 is 0. The Hall–Kier alpha value is -1.30. The SMILES string of the molecule is CCCCCOC(=O)NCCCCC(N)OC=O. The fourth-order valence-electron chi connectivity index (χ4n) is 1.37. The largest absolute Gasteiger partial charge is 0.450 e. The number of hydrogen-bond donors (Lipinski definition) is 2. The molecule has 0 bridgehead atoms. The van der Waals surface area contributed by atoms with Crippen molar-refractivity contribution in [2.75, 3.05) is 13.2 Å². The highest BCUT2D eigenvalue weighted by Gasteiger charge is 2.03. The highest BCUT2D eigenvalue weighted by Crippen LogP contribution is 1.99. The van der Waals surface area contributed by atoms with E-state index >= 15 is 0 Å². The molecule has 1 atom stereocenters. The van der Waals surface area contributed by atoms with Gasteiger partial charge in [0.05, 0.1) is 6.61 Å². The molecule has 18 heavy (non-hydrogen) atoms. The zero-order valence-corrected chi connectivity index (χ0v) is 11.0. The number of hydrogen-bond acceptors (Lipinski definition) is 5. The van der Waals surface area contributed by atoms with E-state index in [-0.39, 0.29) is 6.09 Å². The maximum absolute atomic E-state index is 11.2. The minimum absolute atomic E-state index is 0.344. The minimum Gasteiger partial charge on any atom is -0.450 e. The van der Waals surface area contributed by atoms with Gasteiger partial charge in [-0.1, -0.05) is 19.8 Å². The molecule has 0 radical (unpaired) electrons. The highest BCUT2D eigenvalue weighted by atomic mass is 16.5. The zero-order valence-electron chi connectivity index (χ0n) is 11.0. The van der Waals surface area contributed by atoms with Crippen LogP contribution in [0.1, 0.15) is 45.4 Å². The molecule has 106 valence electrons. The van der Waals surface area contributed by atoms with Crippen molar-refractivity contribution < 1.29 is 19.1 Å². The van der Waals surface area contributed by atoms with Crippen molar-refractivity contribution in [2.45, 2.75) is 51.7 Å². The maximum Gasteiger partial charge on any atom is 0.407 e. The molecule has 0 aliphatic heterocycles. The number of carbonyl (C=O) groups excluding carboxylic acids is 2. The van der Waals surface area contributed by atoms with Crippen LogP contribution in [0, 0.1) is 0 Å². The molecule has 0 saturated heterocycles. The van der Waals surface area contributed by atoms with Crippen LogP contribution in [0.25, 0.3) is 0 Å². The number of nitrogens with two attached hydrogens (primary N) is 1. The Morgan fingerprint density at radius 3 is 2.78 bits per heavy atom. The topological polar surface area (TPSA) is 90.7 Å². The fourth-order valence-corrected chi connectivity index (χ4v) is 1.37. The van der Waals surface area contributed by atoms with Crippen molar-refractivity contribution >= 4 is 12.6 Å². The average molecular weight is 260 g/mol. The molecule has 3 N–H and O–H groups in total. The van der Waals surface area contributed by atoms with Gasteiger partial charge < -0.3 is 14.8 Å². The molecule has 1 amide bonds. The second kappa shape index (κ2) is 12.2. The van der Waals surface area contributed by atoms with Crippen LogP contribution >= 0.6 is 0 Å². The smallest absolute Gasteiger partial charge is 0.407 e. The van der Waals surface area contributed by atoms with E-state index in [1.807, 2.05) is 0 Å². The molecule has 0 aromatic carbocycles. The molecule has 0 rings (SSSR count). The molecular weight excluding hydrogens is 236 g/mol. The van der Waals surface area contributed by atoms with E-state index in [2.05, 4.69) is 17.0 Å². The molecular formula is C12H24N2O4. The van der Waals surface area contributed by atoms with E-state index in [9.17, 15) is 9.59 Å².